The van der Waals surface area contributed by atoms with Gasteiger partial charge in [-0.25, -0.2) is 9.59 Å². The fraction of sp³-hybridized carbons (Fsp3) is 0.682. The van der Waals surface area contributed by atoms with Crippen LogP contribution < -0.4 is 37.6 Å². The number of thioether (sulfide) groups is 1. The average Bonchev–Trinajstić information content (AvgIpc) is 3.98. The van der Waals surface area contributed by atoms with Crippen LogP contribution >= 0.6 is 11.8 Å². The van der Waals surface area contributed by atoms with Gasteiger partial charge in [-0.3, -0.25) is 49.0 Å². The number of nitrogens with two attached hydrogens (primary N) is 1. The summed E-state index contributed by atoms with van der Waals surface area (Å²) in [6.07, 6.45) is 15.5. The van der Waals surface area contributed by atoms with Crippen molar-refractivity contribution in [2.45, 2.75) is 160 Å². The topological polar surface area (TPSA) is 334 Å². The first kappa shape index (κ1) is 59.9. The fourth-order valence-corrected chi connectivity index (χ4v) is 8.09. The van der Waals surface area contributed by atoms with Crippen molar-refractivity contribution in [3.8, 4) is 0 Å². The number of carbonyl (C=O) groups excluding carboxylic acids is 8. The molecule has 1 aromatic rings. The van der Waals surface area contributed by atoms with Gasteiger partial charge in [-0.15, -0.1) is 5.06 Å². The Hall–Kier alpha value is -6.07. The summed E-state index contributed by atoms with van der Waals surface area (Å²) in [6, 6.07) is 4.00. The summed E-state index contributed by atoms with van der Waals surface area (Å²) in [5.74, 6) is -1.09. The molecule has 3 atom stereocenters. The molecule has 8 amide bonds. The molecule has 3 saturated heterocycles. The van der Waals surface area contributed by atoms with Gasteiger partial charge >= 0.3 is 12.0 Å². The molecule has 68 heavy (non-hydrogen) atoms. The van der Waals surface area contributed by atoms with E-state index >= 15 is 0 Å². The zero-order valence-electron chi connectivity index (χ0n) is 39.6. The molecule has 3 aliphatic heterocycles. The minimum absolute atomic E-state index is 0.0488. The lowest BCUT2D eigenvalue weighted by Gasteiger charge is -2.16. The highest BCUT2D eigenvalue weighted by Gasteiger charge is 2.42. The van der Waals surface area contributed by atoms with E-state index in [2.05, 4.69) is 52.2 Å². The van der Waals surface area contributed by atoms with Gasteiger partial charge in [0.2, 0.25) is 24.1 Å². The van der Waals surface area contributed by atoms with Gasteiger partial charge in [-0.1, -0.05) is 65.7 Å². The number of fused-ring (bicyclic) bond motifs is 1. The number of hydroxylamine groups is 2. The fourth-order valence-electron chi connectivity index (χ4n) is 6.54. The van der Waals surface area contributed by atoms with Crippen molar-refractivity contribution >= 4 is 76.8 Å². The third-order valence-electron chi connectivity index (χ3n) is 10.4. The van der Waals surface area contributed by atoms with Gasteiger partial charge in [-0.05, 0) is 51.0 Å². The first-order valence-electron chi connectivity index (χ1n) is 23.5. The third-order valence-corrected chi connectivity index (χ3v) is 11.9. The van der Waals surface area contributed by atoms with Crippen molar-refractivity contribution in [3.05, 3.63) is 38.4 Å². The Kier molecular flexibility index (Phi) is 31.8. The normalized spacial score (nSPS) is 16.4. The zero-order chi connectivity index (χ0) is 50.7. The van der Waals surface area contributed by atoms with Crippen molar-refractivity contribution < 1.29 is 53.0 Å². The minimum atomic E-state index is -0.860. The number of imide groups is 1. The summed E-state index contributed by atoms with van der Waals surface area (Å²) >= 11 is 1.91. The molecule has 1 unspecified atom stereocenters. The van der Waals surface area contributed by atoms with Crippen LogP contribution in [-0.4, -0.2) is 112 Å². The first-order chi connectivity index (χ1) is 32.6. The Labute approximate surface area is 401 Å². The number of non-ortho nitro benzene ring substituents is 1. The molecule has 24 heteroatoms. The number of unbranched alkanes of at least 4 members (excludes halogenated alkanes) is 8. The number of carbonyl (C=O) groups is 8. The standard InChI is InChI=1S/C17H26N4O5.C16H28N4O3S.C7H8N2O5.C4H10/c1-2-3-6-12-19-17(22)8-5-4-7-11-18-15-10-9-14(20(23)24)13-16(15)21(25)26;17-13(21)7-2-1-5-9-18-14(22)8-4-3-6-12-15-11(10-24-12)19-16(23)20-15;10-4-8-3-7(13)14-9-5(11)1-2-6(9)12;1-3-4-2/h9-10,13,18H,2-8,11-12H2,1H3,(H,19,22);11-12,15H,1-10H2,(H2,17,21)(H,18,22)(H2,19,20,23);4H,1-3H2,(H,8,10);3-4H2,1-2H3/t;11-,12?,15-;;/m.0../s1. The minimum Gasteiger partial charge on any atom is -0.379 e. The average molecular weight is 981 g/mol. The molecule has 382 valence electrons. The van der Waals surface area contributed by atoms with Crippen molar-refractivity contribution in [3.63, 3.8) is 0 Å². The van der Waals surface area contributed by atoms with Gasteiger partial charge < -0.3 is 42.5 Å². The smallest absolute Gasteiger partial charge is 0.352 e. The summed E-state index contributed by atoms with van der Waals surface area (Å²) in [7, 11) is 0. The Bertz CT molecular complexity index is 1770. The Morgan fingerprint density at radius 3 is 1.94 bits per heavy atom. The van der Waals surface area contributed by atoms with Crippen LogP contribution in [0.2, 0.25) is 0 Å². The van der Waals surface area contributed by atoms with Gasteiger partial charge in [0.1, 0.15) is 12.2 Å². The van der Waals surface area contributed by atoms with Gasteiger partial charge in [0.05, 0.1) is 28.0 Å². The molecular weight excluding hydrogens is 909 g/mol. The molecule has 0 bridgehead atoms. The molecule has 0 spiro atoms. The summed E-state index contributed by atoms with van der Waals surface area (Å²) in [4.78, 5) is 113. The number of amides is 8. The van der Waals surface area contributed by atoms with Crippen LogP contribution in [0.3, 0.4) is 0 Å². The molecule has 0 radical (unpaired) electrons. The molecule has 3 fully saturated rings. The predicted molar refractivity (Wildman–Crippen MR) is 256 cm³/mol. The lowest BCUT2D eigenvalue weighted by Crippen LogP contribution is -2.36. The monoisotopic (exact) mass is 981 g/mol. The number of rotatable bonds is 29. The van der Waals surface area contributed by atoms with E-state index in [0.717, 1.165) is 95.4 Å². The van der Waals surface area contributed by atoms with Crippen LogP contribution in [0.1, 0.15) is 143 Å². The number of benzene rings is 1. The van der Waals surface area contributed by atoms with Gasteiger partial charge in [-0.2, -0.15) is 11.8 Å². The van der Waals surface area contributed by atoms with E-state index < -0.39 is 27.6 Å². The molecule has 8 N–H and O–H groups in total. The molecule has 0 saturated carbocycles. The van der Waals surface area contributed by atoms with Gasteiger partial charge in [0.25, 0.3) is 23.2 Å². The lowest BCUT2D eigenvalue weighted by molar-refractivity contribution is -0.393. The SMILES string of the molecule is CCCC.CCCCCNC(=O)CCCCCNc1ccc([N+](=O)[O-])cc1[N+](=O)[O-].NC(=O)CCCCCNC(=O)CCCCC1SC[C@@H]2NC(=O)N[C@H]12.O=CNCC(=O)ON1C(=O)CCC1=O. The second kappa shape index (κ2) is 36.0. The lowest BCUT2D eigenvalue weighted by atomic mass is 10.0. The molecule has 0 aliphatic carbocycles. The summed E-state index contributed by atoms with van der Waals surface area (Å²) in [5, 5.41) is 39.3. The highest BCUT2D eigenvalue weighted by molar-refractivity contribution is 8.00. The second-order valence-electron chi connectivity index (χ2n) is 16.0. The summed E-state index contributed by atoms with van der Waals surface area (Å²) in [5.41, 5.74) is 4.70. The Morgan fingerprint density at radius 1 is 0.794 bits per heavy atom. The molecule has 3 aliphatic rings. The summed E-state index contributed by atoms with van der Waals surface area (Å²) < 4.78 is 0. The quantitative estimate of drug-likeness (QED) is 0.0142. The zero-order valence-corrected chi connectivity index (χ0v) is 40.5. The third kappa shape index (κ3) is 26.3. The van der Waals surface area contributed by atoms with Crippen LogP contribution in [-0.2, 0) is 38.4 Å². The number of nitro groups is 2. The maximum atomic E-state index is 11.7. The van der Waals surface area contributed by atoms with Crippen molar-refractivity contribution in [2.24, 2.45) is 5.73 Å². The van der Waals surface area contributed by atoms with Gasteiger partial charge in [0.15, 0.2) is 0 Å². The van der Waals surface area contributed by atoms with E-state index in [9.17, 15) is 58.6 Å². The highest BCUT2D eigenvalue weighted by Crippen LogP contribution is 2.33. The Morgan fingerprint density at radius 2 is 1.38 bits per heavy atom. The number of primary amides is 1. The number of anilines is 1. The van der Waals surface area contributed by atoms with Crippen LogP contribution in [0.5, 0.6) is 0 Å². The van der Waals surface area contributed by atoms with Crippen molar-refractivity contribution in [2.75, 3.05) is 37.2 Å². The number of urea groups is 1. The van der Waals surface area contributed by atoms with E-state index in [-0.39, 0.29) is 72.3 Å². The van der Waals surface area contributed by atoms with E-state index in [0.29, 0.717) is 49.1 Å². The predicted octanol–water partition coefficient (Wildman–Crippen LogP) is 4.80. The van der Waals surface area contributed by atoms with E-state index in [1.807, 2.05) is 17.1 Å². The van der Waals surface area contributed by atoms with E-state index in [1.54, 1.807) is 0 Å². The van der Waals surface area contributed by atoms with Crippen LogP contribution in [0.15, 0.2) is 18.2 Å². The van der Waals surface area contributed by atoms with Crippen LogP contribution in [0.4, 0.5) is 21.9 Å². The maximum Gasteiger partial charge on any atom is 0.352 e. The summed E-state index contributed by atoms with van der Waals surface area (Å²) in [6.45, 7) is 7.98. The highest BCUT2D eigenvalue weighted by atomic mass is 32.2. The molecule has 1 aromatic carbocycles. The van der Waals surface area contributed by atoms with E-state index in [4.69, 9.17) is 5.73 Å². The van der Waals surface area contributed by atoms with E-state index in [1.165, 1.54) is 25.0 Å². The van der Waals surface area contributed by atoms with Crippen LogP contribution in [0, 0.1) is 20.2 Å². The maximum absolute atomic E-state index is 11.7. The van der Waals surface area contributed by atoms with Gasteiger partial charge in [0, 0.05) is 68.8 Å². The molecule has 4 rings (SSSR count). The number of nitrogens with one attached hydrogen (secondary N) is 6. The largest absolute Gasteiger partial charge is 0.379 e. The number of nitro benzene ring substituents is 2. The first-order valence-corrected chi connectivity index (χ1v) is 24.5. The number of nitrogens with zero attached hydrogens (tertiary/aromatic N) is 3. The Balaban J connectivity index is 0.000000508. The second-order valence-corrected chi connectivity index (χ2v) is 17.3. The number of hydrogen-bond donors (Lipinski definition) is 7. The number of hydrogen-bond acceptors (Lipinski definition) is 15. The molecule has 0 aromatic heterocycles. The van der Waals surface area contributed by atoms with Crippen molar-refractivity contribution in [1.82, 2.24) is 31.6 Å². The molecule has 3 heterocycles. The molecular formula is C44H72N10O13S. The molecule has 23 nitrogen and oxygen atoms in total. The van der Waals surface area contributed by atoms with Crippen LogP contribution in [0.25, 0.3) is 0 Å². The van der Waals surface area contributed by atoms with Crippen molar-refractivity contribution in [1.29, 1.82) is 0 Å².